The molecule has 0 radical (unpaired) electrons. The van der Waals surface area contributed by atoms with Crippen molar-refractivity contribution >= 4 is 11.9 Å². The fourth-order valence-corrected chi connectivity index (χ4v) is 6.10. The lowest BCUT2D eigenvalue weighted by atomic mass is 9.76. The maximum atomic E-state index is 12.4. The third-order valence-electron chi connectivity index (χ3n) is 8.43. The Morgan fingerprint density at radius 1 is 1.02 bits per heavy atom. The second-order valence-electron chi connectivity index (χ2n) is 10.9. The fraction of sp³-hybridized carbons (Fsp3) is 0.455. The molecule has 1 N–H and O–H groups in total. The molecule has 2 aromatic carbocycles. The van der Waals surface area contributed by atoms with Crippen molar-refractivity contribution in [3.63, 3.8) is 0 Å². The Labute approximate surface area is 247 Å². The number of piperidine rings is 1. The van der Waals surface area contributed by atoms with Gasteiger partial charge in [-0.05, 0) is 80.3 Å². The highest BCUT2D eigenvalue weighted by atomic mass is 16.5. The second-order valence-corrected chi connectivity index (χ2v) is 10.9. The first-order valence-electron chi connectivity index (χ1n) is 14.8. The van der Waals surface area contributed by atoms with E-state index in [9.17, 15) is 9.59 Å². The van der Waals surface area contributed by atoms with Gasteiger partial charge in [-0.2, -0.15) is 0 Å². The van der Waals surface area contributed by atoms with Gasteiger partial charge in [0.05, 0.1) is 19.8 Å². The number of fused-ring (bicyclic) bond motifs is 1. The van der Waals surface area contributed by atoms with Crippen LogP contribution in [0, 0.1) is 5.92 Å². The number of rotatable bonds is 13. The van der Waals surface area contributed by atoms with Crippen molar-refractivity contribution in [3.05, 3.63) is 83.2 Å². The first-order valence-corrected chi connectivity index (χ1v) is 14.8. The molecule has 1 amide bonds. The zero-order valence-electron chi connectivity index (χ0n) is 24.7. The summed E-state index contributed by atoms with van der Waals surface area (Å²) in [6, 6.07) is 18.0. The van der Waals surface area contributed by atoms with E-state index in [1.54, 1.807) is 7.11 Å². The predicted octanol–water partition coefficient (Wildman–Crippen LogP) is 4.51. The number of hydrogen-bond donors (Lipinski definition) is 1. The van der Waals surface area contributed by atoms with Gasteiger partial charge in [-0.15, -0.1) is 0 Å². The lowest BCUT2D eigenvalue weighted by Crippen LogP contribution is -2.49. The number of ether oxygens (including phenoxy) is 4. The Morgan fingerprint density at radius 2 is 1.88 bits per heavy atom. The molecule has 0 bridgehead atoms. The maximum Gasteiger partial charge on any atom is 0.354 e. The van der Waals surface area contributed by atoms with E-state index in [1.165, 1.54) is 5.56 Å². The standard InChI is InChI=1S/C33H41N3O6/c1-4-40-33(38)31-9-6-13-36(31)16-15-35-14-12-28(24-7-5-8-26(19-24)41-18-17-39-3)30(23(35)2)22-42-27-11-10-25-21-34-32(37)29(25)20-27/h5-11,13,19-20,23,28,30H,4,12,14-18,21-22H2,1-3H3,(H,34,37)/t23?,28?,30-/m1/s1. The largest absolute Gasteiger partial charge is 0.493 e. The predicted molar refractivity (Wildman–Crippen MR) is 159 cm³/mol. The van der Waals surface area contributed by atoms with E-state index in [0.29, 0.717) is 56.5 Å². The average molecular weight is 576 g/mol. The Balaban J connectivity index is 1.33. The Morgan fingerprint density at radius 3 is 2.71 bits per heavy atom. The molecule has 0 saturated carbocycles. The van der Waals surface area contributed by atoms with Gasteiger partial charge in [-0.3, -0.25) is 9.69 Å². The Kier molecular flexibility index (Phi) is 9.81. The zero-order valence-corrected chi connectivity index (χ0v) is 24.7. The summed E-state index contributed by atoms with van der Waals surface area (Å²) in [6.07, 6.45) is 2.90. The van der Waals surface area contributed by atoms with E-state index >= 15 is 0 Å². The van der Waals surface area contributed by atoms with Crippen LogP contribution in [0.3, 0.4) is 0 Å². The quantitative estimate of drug-likeness (QED) is 0.237. The van der Waals surface area contributed by atoms with Crippen LogP contribution in [0.15, 0.2) is 60.8 Å². The number of likely N-dealkylation sites (tertiary alicyclic amines) is 1. The smallest absolute Gasteiger partial charge is 0.354 e. The minimum Gasteiger partial charge on any atom is -0.493 e. The van der Waals surface area contributed by atoms with Gasteiger partial charge >= 0.3 is 5.97 Å². The van der Waals surface area contributed by atoms with E-state index in [4.69, 9.17) is 18.9 Å². The summed E-state index contributed by atoms with van der Waals surface area (Å²) >= 11 is 0. The van der Waals surface area contributed by atoms with Crippen LogP contribution < -0.4 is 14.8 Å². The number of hydrogen-bond acceptors (Lipinski definition) is 7. The van der Waals surface area contributed by atoms with Crippen molar-refractivity contribution in [2.75, 3.05) is 46.6 Å². The molecule has 3 atom stereocenters. The number of methoxy groups -OCH3 is 1. The SMILES string of the molecule is CCOC(=O)c1cccn1CCN1CCC(c2cccc(OCCOC)c2)[C@H](COc2ccc3c(c2)C(=O)NC3)C1C. The van der Waals surface area contributed by atoms with Crippen LogP contribution in [-0.2, 0) is 22.6 Å². The summed E-state index contributed by atoms with van der Waals surface area (Å²) in [4.78, 5) is 27.1. The van der Waals surface area contributed by atoms with E-state index in [2.05, 4.69) is 35.3 Å². The van der Waals surface area contributed by atoms with E-state index in [-0.39, 0.29) is 29.8 Å². The van der Waals surface area contributed by atoms with Crippen LogP contribution in [0.4, 0.5) is 0 Å². The topological polar surface area (TPSA) is 91.3 Å². The van der Waals surface area contributed by atoms with Crippen LogP contribution >= 0.6 is 0 Å². The molecule has 1 fully saturated rings. The van der Waals surface area contributed by atoms with Crippen LogP contribution in [0.25, 0.3) is 0 Å². The minimum atomic E-state index is -0.295. The molecule has 2 unspecified atom stereocenters. The molecule has 2 aliphatic rings. The van der Waals surface area contributed by atoms with E-state index in [0.717, 1.165) is 30.8 Å². The number of carbonyl (C=O) groups is 2. The Bertz CT molecular complexity index is 1370. The summed E-state index contributed by atoms with van der Waals surface area (Å²) in [5.41, 5.74) is 3.49. The lowest BCUT2D eigenvalue weighted by molar-refractivity contribution is 0.0489. The van der Waals surface area contributed by atoms with Gasteiger partial charge in [-0.25, -0.2) is 4.79 Å². The van der Waals surface area contributed by atoms with Crippen LogP contribution in [0.1, 0.15) is 58.2 Å². The molecule has 0 spiro atoms. The first-order chi connectivity index (χ1) is 20.5. The molecule has 0 aliphatic carbocycles. The molecule has 9 nitrogen and oxygen atoms in total. The highest BCUT2D eigenvalue weighted by Crippen LogP contribution is 2.38. The number of nitrogens with zero attached hydrogens (tertiary/aromatic N) is 2. The summed E-state index contributed by atoms with van der Waals surface area (Å²) < 4.78 is 24.7. The molecule has 224 valence electrons. The number of amides is 1. The van der Waals surface area contributed by atoms with Crippen molar-refractivity contribution in [1.82, 2.24) is 14.8 Å². The Hall–Kier alpha value is -3.82. The number of esters is 1. The highest BCUT2D eigenvalue weighted by molar-refractivity contribution is 5.98. The summed E-state index contributed by atoms with van der Waals surface area (Å²) in [5.74, 6) is 1.64. The molecule has 3 aromatic rings. The third kappa shape index (κ3) is 6.79. The molecule has 5 rings (SSSR count). The third-order valence-corrected chi connectivity index (χ3v) is 8.43. The summed E-state index contributed by atoms with van der Waals surface area (Å²) in [7, 11) is 1.67. The van der Waals surface area contributed by atoms with Crippen molar-refractivity contribution < 1.29 is 28.5 Å². The molecule has 3 heterocycles. The number of benzene rings is 2. The van der Waals surface area contributed by atoms with Crippen LogP contribution in [0.5, 0.6) is 11.5 Å². The van der Waals surface area contributed by atoms with Crippen molar-refractivity contribution in [2.24, 2.45) is 5.92 Å². The van der Waals surface area contributed by atoms with Crippen LogP contribution in [0.2, 0.25) is 0 Å². The second kappa shape index (κ2) is 13.9. The van der Waals surface area contributed by atoms with Gasteiger partial charge in [0.15, 0.2) is 0 Å². The van der Waals surface area contributed by atoms with Crippen molar-refractivity contribution in [2.45, 2.75) is 45.3 Å². The number of nitrogens with one attached hydrogen (secondary N) is 1. The molecular weight excluding hydrogens is 534 g/mol. The van der Waals surface area contributed by atoms with Gasteiger partial charge in [0.1, 0.15) is 23.8 Å². The van der Waals surface area contributed by atoms with E-state index < -0.39 is 0 Å². The molecule has 1 saturated heterocycles. The summed E-state index contributed by atoms with van der Waals surface area (Å²) in [6.45, 7) is 8.94. The molecular formula is C33H41N3O6. The van der Waals surface area contributed by atoms with Gasteiger partial charge in [-0.1, -0.05) is 18.2 Å². The lowest BCUT2D eigenvalue weighted by Gasteiger charge is -2.44. The molecule has 9 heteroatoms. The number of aromatic nitrogens is 1. The van der Waals surface area contributed by atoms with Crippen molar-refractivity contribution in [1.29, 1.82) is 0 Å². The fourth-order valence-electron chi connectivity index (χ4n) is 6.10. The average Bonchev–Trinajstić information content (AvgIpc) is 3.62. The number of carbonyl (C=O) groups excluding carboxylic acids is 2. The molecule has 2 aliphatic heterocycles. The normalized spacial score (nSPS) is 20.2. The molecule has 1 aromatic heterocycles. The van der Waals surface area contributed by atoms with Gasteiger partial charge in [0.25, 0.3) is 5.91 Å². The first kappa shape index (κ1) is 29.7. The van der Waals surface area contributed by atoms with Gasteiger partial charge in [0, 0.05) is 50.5 Å². The van der Waals surface area contributed by atoms with E-state index in [1.807, 2.05) is 54.1 Å². The monoisotopic (exact) mass is 575 g/mol. The minimum absolute atomic E-state index is 0.0528. The zero-order chi connectivity index (χ0) is 29.5. The summed E-state index contributed by atoms with van der Waals surface area (Å²) in [5, 5.41) is 2.87. The maximum absolute atomic E-state index is 12.4. The molecule has 42 heavy (non-hydrogen) atoms. The van der Waals surface area contributed by atoms with Gasteiger partial charge in [0.2, 0.25) is 0 Å². The highest BCUT2D eigenvalue weighted by Gasteiger charge is 2.37. The van der Waals surface area contributed by atoms with Crippen LogP contribution in [-0.4, -0.2) is 74.0 Å². The van der Waals surface area contributed by atoms with Gasteiger partial charge < -0.3 is 28.8 Å². The van der Waals surface area contributed by atoms with Crippen molar-refractivity contribution in [3.8, 4) is 11.5 Å².